The van der Waals surface area contributed by atoms with Crippen LogP contribution in [0.25, 0.3) is 0 Å². The van der Waals surface area contributed by atoms with Gasteiger partial charge in [-0.1, -0.05) is 0 Å². The van der Waals surface area contributed by atoms with E-state index in [0.29, 0.717) is 44.8 Å². The van der Waals surface area contributed by atoms with Gasteiger partial charge in [-0.15, -0.1) is 0 Å². The van der Waals surface area contributed by atoms with Gasteiger partial charge in [-0.25, -0.2) is 4.39 Å². The van der Waals surface area contributed by atoms with Gasteiger partial charge in [0.2, 0.25) is 5.91 Å². The summed E-state index contributed by atoms with van der Waals surface area (Å²) in [7, 11) is 0. The number of ether oxygens (including phenoxy) is 2. The van der Waals surface area contributed by atoms with Gasteiger partial charge < -0.3 is 19.7 Å². The maximum Gasteiger partial charge on any atom is 0.241 e. The lowest BCUT2D eigenvalue weighted by Gasteiger charge is -2.37. The van der Waals surface area contributed by atoms with Crippen molar-refractivity contribution < 1.29 is 18.7 Å². The Labute approximate surface area is 129 Å². The van der Waals surface area contributed by atoms with E-state index in [1.165, 1.54) is 12.1 Å². The molecule has 0 aliphatic carbocycles. The second kappa shape index (κ2) is 6.22. The zero-order chi connectivity index (χ0) is 15.6. The topological polar surface area (TPSA) is 50.8 Å². The molecular weight excluding hydrogens is 287 g/mol. The molecule has 1 amide bonds. The van der Waals surface area contributed by atoms with Crippen LogP contribution in [0.5, 0.6) is 0 Å². The van der Waals surface area contributed by atoms with Crippen molar-refractivity contribution in [3.8, 4) is 0 Å². The lowest BCUT2D eigenvalue weighted by Crippen LogP contribution is -2.48. The highest BCUT2D eigenvalue weighted by Gasteiger charge is 2.40. The quantitative estimate of drug-likeness (QED) is 0.927. The zero-order valence-electron chi connectivity index (χ0n) is 12.7. The Morgan fingerprint density at radius 2 is 1.95 bits per heavy atom. The van der Waals surface area contributed by atoms with E-state index in [4.69, 9.17) is 9.47 Å². The number of rotatable bonds is 3. The molecule has 22 heavy (non-hydrogen) atoms. The summed E-state index contributed by atoms with van der Waals surface area (Å²) in [5.41, 5.74) is 1.45. The monoisotopic (exact) mass is 308 g/mol. The van der Waals surface area contributed by atoms with Gasteiger partial charge in [-0.2, -0.15) is 0 Å². The summed E-state index contributed by atoms with van der Waals surface area (Å²) in [5, 5.41) is 2.99. The number of anilines is 1. The smallest absolute Gasteiger partial charge is 0.241 e. The third-order valence-corrected chi connectivity index (χ3v) is 4.18. The fourth-order valence-corrected chi connectivity index (χ4v) is 3.01. The summed E-state index contributed by atoms with van der Waals surface area (Å²) in [4.78, 5) is 14.0. The van der Waals surface area contributed by atoms with Crippen LogP contribution in [0.1, 0.15) is 18.4 Å². The minimum atomic E-state index is -0.468. The van der Waals surface area contributed by atoms with Crippen LogP contribution < -0.4 is 5.32 Å². The molecule has 0 radical (unpaired) electrons. The lowest BCUT2D eigenvalue weighted by molar-refractivity contribution is -0.187. The molecule has 2 aliphatic heterocycles. The molecule has 0 unspecified atom stereocenters. The molecule has 0 bridgehead atoms. The summed E-state index contributed by atoms with van der Waals surface area (Å²) >= 11 is 0. The molecule has 6 heteroatoms. The van der Waals surface area contributed by atoms with Crippen molar-refractivity contribution in [3.05, 3.63) is 29.6 Å². The fourth-order valence-electron chi connectivity index (χ4n) is 3.01. The van der Waals surface area contributed by atoms with E-state index in [1.807, 2.05) is 13.0 Å². The summed E-state index contributed by atoms with van der Waals surface area (Å²) in [6, 6.07) is 4.67. The Balaban J connectivity index is 1.50. The number of nitrogens with one attached hydrogen (secondary N) is 1. The molecule has 0 aromatic heterocycles. The van der Waals surface area contributed by atoms with E-state index in [1.54, 1.807) is 4.90 Å². The molecule has 5 nitrogen and oxygen atoms in total. The number of piperidine rings is 1. The second-order valence-electron chi connectivity index (χ2n) is 5.86. The first-order chi connectivity index (χ1) is 10.6. The molecular formula is C16H21FN2O3. The molecule has 1 spiro atoms. The van der Waals surface area contributed by atoms with Crippen LogP contribution in [-0.4, -0.2) is 49.4 Å². The number of aryl methyl sites for hydroxylation is 1. The van der Waals surface area contributed by atoms with Crippen molar-refractivity contribution in [1.29, 1.82) is 0 Å². The van der Waals surface area contributed by atoms with Crippen LogP contribution in [0, 0.1) is 12.7 Å². The highest BCUT2D eigenvalue weighted by atomic mass is 19.1. The maximum absolute atomic E-state index is 13.3. The number of carbonyl (C=O) groups excluding carboxylic acids is 1. The Morgan fingerprint density at radius 1 is 1.27 bits per heavy atom. The van der Waals surface area contributed by atoms with Crippen LogP contribution >= 0.6 is 0 Å². The van der Waals surface area contributed by atoms with E-state index >= 15 is 0 Å². The van der Waals surface area contributed by atoms with Crippen molar-refractivity contribution in [1.82, 2.24) is 4.90 Å². The molecule has 120 valence electrons. The zero-order valence-corrected chi connectivity index (χ0v) is 12.7. The molecule has 2 aliphatic rings. The Kier molecular flexibility index (Phi) is 4.31. The molecule has 1 aromatic rings. The van der Waals surface area contributed by atoms with Crippen LogP contribution in [-0.2, 0) is 14.3 Å². The summed E-state index contributed by atoms with van der Waals surface area (Å²) < 4.78 is 24.6. The van der Waals surface area contributed by atoms with Crippen LogP contribution in [0.2, 0.25) is 0 Å². The molecule has 2 saturated heterocycles. The van der Waals surface area contributed by atoms with E-state index < -0.39 is 5.79 Å². The number of likely N-dealkylation sites (tertiary alicyclic amines) is 1. The number of amides is 1. The molecule has 2 fully saturated rings. The predicted octanol–water partition coefficient (Wildman–Crippen LogP) is 1.91. The molecule has 1 aromatic carbocycles. The van der Waals surface area contributed by atoms with Crippen molar-refractivity contribution in [2.45, 2.75) is 25.6 Å². The molecule has 1 N–H and O–H groups in total. The Bertz CT molecular complexity index is 528. The predicted molar refractivity (Wildman–Crippen MR) is 80.1 cm³/mol. The minimum absolute atomic E-state index is 0.00904. The third kappa shape index (κ3) is 3.39. The van der Waals surface area contributed by atoms with Crippen molar-refractivity contribution in [2.24, 2.45) is 0 Å². The summed E-state index contributed by atoms with van der Waals surface area (Å²) in [5.74, 6) is -0.760. The molecule has 2 heterocycles. The maximum atomic E-state index is 13.3. The van der Waals surface area contributed by atoms with Gasteiger partial charge in [0.1, 0.15) is 5.82 Å². The second-order valence-corrected chi connectivity index (χ2v) is 5.86. The first kappa shape index (κ1) is 15.2. The number of hydrogen-bond acceptors (Lipinski definition) is 4. The van der Waals surface area contributed by atoms with Crippen molar-refractivity contribution in [2.75, 3.05) is 38.2 Å². The first-order valence-electron chi connectivity index (χ1n) is 7.63. The van der Waals surface area contributed by atoms with Gasteiger partial charge in [0.05, 0.1) is 19.8 Å². The number of carbonyl (C=O) groups is 1. The van der Waals surface area contributed by atoms with E-state index in [9.17, 15) is 9.18 Å². The lowest BCUT2D eigenvalue weighted by atomic mass is 10.0. The minimum Gasteiger partial charge on any atom is -0.376 e. The van der Waals surface area contributed by atoms with E-state index in [0.717, 1.165) is 5.56 Å². The van der Waals surface area contributed by atoms with Gasteiger partial charge in [-0.3, -0.25) is 4.79 Å². The average Bonchev–Trinajstić information content (AvgIpc) is 2.93. The van der Waals surface area contributed by atoms with Gasteiger partial charge in [0.25, 0.3) is 0 Å². The first-order valence-corrected chi connectivity index (χ1v) is 7.63. The number of halogens is 1. The van der Waals surface area contributed by atoms with Crippen molar-refractivity contribution in [3.63, 3.8) is 0 Å². The number of hydrogen-bond donors (Lipinski definition) is 1. The molecule has 0 saturated carbocycles. The normalized spacial score (nSPS) is 20.4. The Hall–Kier alpha value is -1.66. The highest BCUT2D eigenvalue weighted by Crippen LogP contribution is 2.31. The van der Waals surface area contributed by atoms with Gasteiger partial charge >= 0.3 is 0 Å². The van der Waals surface area contributed by atoms with Gasteiger partial charge in [-0.05, 0) is 30.7 Å². The highest BCUT2D eigenvalue weighted by molar-refractivity contribution is 5.81. The Morgan fingerprint density at radius 3 is 2.59 bits per heavy atom. The van der Waals surface area contributed by atoms with E-state index in [2.05, 4.69) is 5.32 Å². The van der Waals surface area contributed by atoms with Gasteiger partial charge in [0.15, 0.2) is 5.79 Å². The van der Waals surface area contributed by atoms with Crippen LogP contribution in [0.4, 0.5) is 10.1 Å². The summed E-state index contributed by atoms with van der Waals surface area (Å²) in [6.07, 6.45) is 1.41. The number of nitrogens with zero attached hydrogens (tertiary/aromatic N) is 1. The van der Waals surface area contributed by atoms with Crippen LogP contribution in [0.15, 0.2) is 18.2 Å². The largest absolute Gasteiger partial charge is 0.376 e. The standard InChI is InChI=1S/C16H21FN2O3/c1-12-8-13(17)10-14(9-12)18-11-15(20)19-4-2-16(3-5-19)21-6-7-22-16/h8-10,18H,2-7,11H2,1H3. The summed E-state index contributed by atoms with van der Waals surface area (Å²) in [6.45, 7) is 4.51. The molecule has 0 atom stereocenters. The SMILES string of the molecule is Cc1cc(F)cc(NCC(=O)N2CCC3(CC2)OCCO3)c1. The van der Waals surface area contributed by atoms with E-state index in [-0.39, 0.29) is 18.3 Å². The van der Waals surface area contributed by atoms with Crippen molar-refractivity contribution >= 4 is 11.6 Å². The fraction of sp³-hybridized carbons (Fsp3) is 0.562. The van der Waals surface area contributed by atoms with Crippen LogP contribution in [0.3, 0.4) is 0 Å². The third-order valence-electron chi connectivity index (χ3n) is 4.18. The molecule has 3 rings (SSSR count). The number of benzene rings is 1. The average molecular weight is 308 g/mol. The van der Waals surface area contributed by atoms with Gasteiger partial charge in [0, 0.05) is 31.6 Å².